The van der Waals surface area contributed by atoms with Crippen molar-refractivity contribution >= 4 is 11.9 Å². The van der Waals surface area contributed by atoms with E-state index in [1.165, 1.54) is 18.4 Å². The normalized spacial score (nSPS) is 18.6. The molecule has 6 nitrogen and oxygen atoms in total. The number of anilines is 1. The minimum absolute atomic E-state index is 0.0757. The quantitative estimate of drug-likeness (QED) is 0.882. The van der Waals surface area contributed by atoms with Crippen molar-refractivity contribution in [1.82, 2.24) is 20.2 Å². The molecule has 2 fully saturated rings. The number of rotatable bonds is 5. The number of hydrogen-bond donors (Lipinski definition) is 1. The summed E-state index contributed by atoms with van der Waals surface area (Å²) in [6.07, 6.45) is 6.25. The van der Waals surface area contributed by atoms with E-state index in [-0.39, 0.29) is 5.91 Å². The molecule has 1 aromatic heterocycles. The zero-order valence-corrected chi connectivity index (χ0v) is 15.7. The molecule has 0 bridgehead atoms. The standard InChI is InChI=1S/C21H27N5O/c27-20(23-18-8-4-5-9-18)19-10-11-22-21(24-19)26-14-12-25(13-15-26)16-17-6-2-1-3-7-17/h1-3,6-7,10-11,18H,4-5,8-9,12-16H2,(H,23,27). The fraction of sp³-hybridized carbons (Fsp3) is 0.476. The number of carbonyl (C=O) groups is 1. The van der Waals surface area contributed by atoms with Crippen molar-refractivity contribution in [3.8, 4) is 0 Å². The van der Waals surface area contributed by atoms with Crippen LogP contribution in [0, 0.1) is 0 Å². The Balaban J connectivity index is 1.33. The second kappa shape index (κ2) is 8.48. The van der Waals surface area contributed by atoms with Gasteiger partial charge in [0.05, 0.1) is 0 Å². The molecule has 2 aliphatic rings. The maximum atomic E-state index is 12.5. The molecule has 1 amide bonds. The van der Waals surface area contributed by atoms with Gasteiger partial charge in [-0.3, -0.25) is 9.69 Å². The van der Waals surface area contributed by atoms with Gasteiger partial charge in [0.25, 0.3) is 5.91 Å². The number of piperazine rings is 1. The third-order valence-electron chi connectivity index (χ3n) is 5.47. The molecule has 0 unspecified atom stereocenters. The Hall–Kier alpha value is -2.47. The van der Waals surface area contributed by atoms with Crippen LogP contribution in [0.15, 0.2) is 42.6 Å². The molecule has 1 aromatic carbocycles. The molecule has 27 heavy (non-hydrogen) atoms. The summed E-state index contributed by atoms with van der Waals surface area (Å²) >= 11 is 0. The molecule has 1 saturated carbocycles. The molecule has 0 spiro atoms. The number of benzene rings is 1. The SMILES string of the molecule is O=C(NC1CCCC1)c1ccnc(N2CCN(Cc3ccccc3)CC2)n1. The first kappa shape index (κ1) is 17.9. The molecule has 1 N–H and O–H groups in total. The summed E-state index contributed by atoms with van der Waals surface area (Å²) in [6.45, 7) is 4.66. The first-order valence-electron chi connectivity index (χ1n) is 9.93. The molecule has 2 aromatic rings. The van der Waals surface area contributed by atoms with Gasteiger partial charge in [0.2, 0.25) is 5.95 Å². The van der Waals surface area contributed by atoms with Crippen LogP contribution in [0.1, 0.15) is 41.7 Å². The Morgan fingerprint density at radius 1 is 1.04 bits per heavy atom. The summed E-state index contributed by atoms with van der Waals surface area (Å²) in [5.41, 5.74) is 1.81. The summed E-state index contributed by atoms with van der Waals surface area (Å²) in [4.78, 5) is 26.0. The van der Waals surface area contributed by atoms with Gasteiger partial charge in [-0.2, -0.15) is 0 Å². The molecule has 1 aliphatic heterocycles. The van der Waals surface area contributed by atoms with Gasteiger partial charge in [-0.1, -0.05) is 43.2 Å². The molecular formula is C21H27N5O. The average molecular weight is 365 g/mol. The lowest BCUT2D eigenvalue weighted by Gasteiger charge is -2.34. The third kappa shape index (κ3) is 4.63. The average Bonchev–Trinajstić information content (AvgIpc) is 3.22. The Morgan fingerprint density at radius 2 is 1.78 bits per heavy atom. The molecule has 0 radical (unpaired) electrons. The first-order valence-corrected chi connectivity index (χ1v) is 9.93. The van der Waals surface area contributed by atoms with Crippen molar-refractivity contribution in [3.63, 3.8) is 0 Å². The summed E-state index contributed by atoms with van der Waals surface area (Å²) < 4.78 is 0. The van der Waals surface area contributed by atoms with Gasteiger partial charge in [0, 0.05) is 45.0 Å². The topological polar surface area (TPSA) is 61.4 Å². The van der Waals surface area contributed by atoms with E-state index in [9.17, 15) is 4.79 Å². The highest BCUT2D eigenvalue weighted by Gasteiger charge is 2.22. The van der Waals surface area contributed by atoms with E-state index in [0.717, 1.165) is 45.6 Å². The van der Waals surface area contributed by atoms with Crippen LogP contribution < -0.4 is 10.2 Å². The Bertz CT molecular complexity index is 752. The van der Waals surface area contributed by atoms with E-state index >= 15 is 0 Å². The Labute approximate surface area is 160 Å². The van der Waals surface area contributed by atoms with Crippen LogP contribution in [0.3, 0.4) is 0 Å². The van der Waals surface area contributed by atoms with Crippen LogP contribution in [-0.4, -0.2) is 53.0 Å². The number of amides is 1. The summed E-state index contributed by atoms with van der Waals surface area (Å²) in [5.74, 6) is 0.585. The largest absolute Gasteiger partial charge is 0.348 e. The zero-order valence-electron chi connectivity index (χ0n) is 15.7. The lowest BCUT2D eigenvalue weighted by Crippen LogP contribution is -2.46. The van der Waals surface area contributed by atoms with Crippen LogP contribution in [0.4, 0.5) is 5.95 Å². The van der Waals surface area contributed by atoms with Crippen molar-refractivity contribution in [2.75, 3.05) is 31.1 Å². The first-order chi connectivity index (χ1) is 13.3. The van der Waals surface area contributed by atoms with Crippen LogP contribution in [0.5, 0.6) is 0 Å². The predicted octanol–water partition coefficient (Wildman–Crippen LogP) is 2.47. The highest BCUT2D eigenvalue weighted by atomic mass is 16.1. The summed E-state index contributed by atoms with van der Waals surface area (Å²) in [7, 11) is 0. The van der Waals surface area contributed by atoms with Gasteiger partial charge in [0.1, 0.15) is 5.69 Å². The number of nitrogens with zero attached hydrogens (tertiary/aromatic N) is 4. The predicted molar refractivity (Wildman–Crippen MR) is 106 cm³/mol. The molecular weight excluding hydrogens is 338 g/mol. The van der Waals surface area contributed by atoms with Crippen molar-refractivity contribution in [2.24, 2.45) is 0 Å². The van der Waals surface area contributed by atoms with Gasteiger partial charge in [-0.05, 0) is 24.5 Å². The number of hydrogen-bond acceptors (Lipinski definition) is 5. The minimum atomic E-state index is -0.0757. The van der Waals surface area contributed by atoms with E-state index < -0.39 is 0 Å². The van der Waals surface area contributed by atoms with Crippen LogP contribution in [0.25, 0.3) is 0 Å². The van der Waals surface area contributed by atoms with Gasteiger partial charge < -0.3 is 10.2 Å². The lowest BCUT2D eigenvalue weighted by molar-refractivity contribution is 0.0932. The van der Waals surface area contributed by atoms with Crippen LogP contribution in [0.2, 0.25) is 0 Å². The molecule has 1 saturated heterocycles. The summed E-state index contributed by atoms with van der Waals surface area (Å²) in [5, 5.41) is 3.10. The Kier molecular flexibility index (Phi) is 5.63. The zero-order chi connectivity index (χ0) is 18.5. The fourth-order valence-corrected chi connectivity index (χ4v) is 3.90. The molecule has 0 atom stereocenters. The second-order valence-electron chi connectivity index (χ2n) is 7.45. The van der Waals surface area contributed by atoms with E-state index in [0.29, 0.717) is 17.7 Å². The van der Waals surface area contributed by atoms with Crippen LogP contribution in [-0.2, 0) is 6.54 Å². The summed E-state index contributed by atoms with van der Waals surface area (Å²) in [6, 6.07) is 12.6. The fourth-order valence-electron chi connectivity index (χ4n) is 3.90. The molecule has 4 rings (SSSR count). The van der Waals surface area contributed by atoms with E-state index in [4.69, 9.17) is 0 Å². The number of nitrogens with one attached hydrogen (secondary N) is 1. The Morgan fingerprint density at radius 3 is 2.52 bits per heavy atom. The molecule has 142 valence electrons. The van der Waals surface area contributed by atoms with Crippen molar-refractivity contribution < 1.29 is 4.79 Å². The third-order valence-corrected chi connectivity index (χ3v) is 5.47. The van der Waals surface area contributed by atoms with Crippen molar-refractivity contribution in [1.29, 1.82) is 0 Å². The highest BCUT2D eigenvalue weighted by Crippen LogP contribution is 2.18. The van der Waals surface area contributed by atoms with Gasteiger partial charge in [0.15, 0.2) is 0 Å². The molecule has 6 heteroatoms. The number of aromatic nitrogens is 2. The van der Waals surface area contributed by atoms with Gasteiger partial charge in [-0.15, -0.1) is 0 Å². The number of carbonyl (C=O) groups excluding carboxylic acids is 1. The van der Waals surface area contributed by atoms with Gasteiger partial charge in [-0.25, -0.2) is 9.97 Å². The van der Waals surface area contributed by atoms with E-state index in [1.807, 2.05) is 0 Å². The monoisotopic (exact) mass is 365 g/mol. The molecule has 2 heterocycles. The van der Waals surface area contributed by atoms with E-state index in [2.05, 4.69) is 55.4 Å². The molecule has 1 aliphatic carbocycles. The van der Waals surface area contributed by atoms with Crippen molar-refractivity contribution in [3.05, 3.63) is 53.9 Å². The smallest absolute Gasteiger partial charge is 0.270 e. The lowest BCUT2D eigenvalue weighted by atomic mass is 10.2. The van der Waals surface area contributed by atoms with Crippen LogP contribution >= 0.6 is 0 Å². The maximum absolute atomic E-state index is 12.5. The second-order valence-corrected chi connectivity index (χ2v) is 7.45. The maximum Gasteiger partial charge on any atom is 0.270 e. The highest BCUT2D eigenvalue weighted by molar-refractivity contribution is 5.92. The van der Waals surface area contributed by atoms with Gasteiger partial charge >= 0.3 is 0 Å². The van der Waals surface area contributed by atoms with E-state index in [1.54, 1.807) is 12.3 Å². The minimum Gasteiger partial charge on any atom is -0.348 e. The van der Waals surface area contributed by atoms with Crippen molar-refractivity contribution in [2.45, 2.75) is 38.3 Å².